The lowest BCUT2D eigenvalue weighted by atomic mass is 10.2. The first-order valence-electron chi connectivity index (χ1n) is 9.64. The minimum Gasteiger partial charge on any atom is -0.347 e. The Labute approximate surface area is 170 Å². The number of aryl methyl sites for hydroxylation is 2. The van der Waals surface area contributed by atoms with E-state index in [0.29, 0.717) is 19.4 Å². The summed E-state index contributed by atoms with van der Waals surface area (Å²) in [5.41, 5.74) is 2.84. The number of nitrogens with one attached hydrogen (secondary N) is 1. The van der Waals surface area contributed by atoms with Crippen LogP contribution in [0.1, 0.15) is 24.2 Å². The average molecular weight is 413 g/mol. The molecule has 8 heteroatoms. The zero-order valence-electron chi connectivity index (χ0n) is 16.5. The van der Waals surface area contributed by atoms with E-state index in [-0.39, 0.29) is 17.3 Å². The number of nitrogens with zero attached hydrogens (tertiary/aromatic N) is 3. The zero-order valence-corrected chi connectivity index (χ0v) is 17.3. The standard InChI is InChI=1S/C21H24N4O3S/c1-15-9-11-16(12-10-15)29(27,28)25-13-5-8-19(25)21(26)22-14-20-23-17-6-3-4-7-18(17)24(20)2/h3-4,6-7,9-12,19H,5,8,13-14H2,1-2H3,(H,22,26). The Morgan fingerprint density at radius 2 is 1.90 bits per heavy atom. The number of benzene rings is 2. The van der Waals surface area contributed by atoms with Crippen LogP contribution in [0.4, 0.5) is 0 Å². The first kappa shape index (κ1) is 19.6. The van der Waals surface area contributed by atoms with Gasteiger partial charge in [-0.15, -0.1) is 0 Å². The second-order valence-corrected chi connectivity index (χ2v) is 9.27. The van der Waals surface area contributed by atoms with Gasteiger partial charge in [0.15, 0.2) is 0 Å². The predicted octanol–water partition coefficient (Wildman–Crippen LogP) is 2.35. The van der Waals surface area contributed by atoms with Gasteiger partial charge >= 0.3 is 0 Å². The van der Waals surface area contributed by atoms with Crippen molar-refractivity contribution in [1.82, 2.24) is 19.2 Å². The van der Waals surface area contributed by atoms with E-state index in [1.165, 1.54) is 4.31 Å². The third-order valence-corrected chi connectivity index (χ3v) is 7.36. The van der Waals surface area contributed by atoms with E-state index >= 15 is 0 Å². The lowest BCUT2D eigenvalue weighted by molar-refractivity contribution is -0.124. The fourth-order valence-electron chi connectivity index (χ4n) is 3.77. The molecule has 0 radical (unpaired) electrons. The Morgan fingerprint density at radius 3 is 2.62 bits per heavy atom. The van der Waals surface area contributed by atoms with Gasteiger partial charge in [-0.25, -0.2) is 13.4 Å². The minimum absolute atomic E-state index is 0.221. The van der Waals surface area contributed by atoms with Crippen LogP contribution in [0.3, 0.4) is 0 Å². The SMILES string of the molecule is Cc1ccc(S(=O)(=O)N2CCCC2C(=O)NCc2nc3ccccc3n2C)cc1. The Morgan fingerprint density at radius 1 is 1.17 bits per heavy atom. The van der Waals surface area contributed by atoms with Crippen LogP contribution < -0.4 is 5.32 Å². The molecule has 3 aromatic rings. The lowest BCUT2D eigenvalue weighted by Gasteiger charge is -2.23. The van der Waals surface area contributed by atoms with E-state index in [1.54, 1.807) is 24.3 Å². The van der Waals surface area contributed by atoms with Crippen molar-refractivity contribution in [3.8, 4) is 0 Å². The summed E-state index contributed by atoms with van der Waals surface area (Å²) < 4.78 is 29.3. The van der Waals surface area contributed by atoms with Gasteiger partial charge in [-0.05, 0) is 44.0 Å². The molecule has 0 spiro atoms. The van der Waals surface area contributed by atoms with Crippen LogP contribution in [0.2, 0.25) is 0 Å². The van der Waals surface area contributed by atoms with Gasteiger partial charge in [0.1, 0.15) is 11.9 Å². The third kappa shape index (κ3) is 3.65. The summed E-state index contributed by atoms with van der Waals surface area (Å²) in [5, 5.41) is 2.88. The molecule has 1 unspecified atom stereocenters. The van der Waals surface area contributed by atoms with Gasteiger partial charge in [-0.2, -0.15) is 4.31 Å². The van der Waals surface area contributed by atoms with Gasteiger partial charge in [0.05, 0.1) is 22.5 Å². The van der Waals surface area contributed by atoms with E-state index in [9.17, 15) is 13.2 Å². The van der Waals surface area contributed by atoms with Crippen molar-refractivity contribution < 1.29 is 13.2 Å². The number of fused-ring (bicyclic) bond motifs is 1. The first-order chi connectivity index (χ1) is 13.9. The minimum atomic E-state index is -3.71. The smallest absolute Gasteiger partial charge is 0.243 e. The Bertz CT molecular complexity index is 1150. The number of aromatic nitrogens is 2. The molecular formula is C21H24N4O3S. The summed E-state index contributed by atoms with van der Waals surface area (Å²) in [5.74, 6) is 0.440. The Kier molecular flexibility index (Phi) is 5.14. The number of hydrogen-bond acceptors (Lipinski definition) is 4. The van der Waals surface area contributed by atoms with Crippen molar-refractivity contribution in [3.63, 3.8) is 0 Å². The molecule has 2 heterocycles. The van der Waals surface area contributed by atoms with Gasteiger partial charge in [-0.3, -0.25) is 4.79 Å². The molecule has 7 nitrogen and oxygen atoms in total. The molecule has 1 amide bonds. The van der Waals surface area contributed by atoms with Gasteiger partial charge in [0.2, 0.25) is 15.9 Å². The molecule has 2 aromatic carbocycles. The summed E-state index contributed by atoms with van der Waals surface area (Å²) in [4.78, 5) is 17.6. The molecule has 1 saturated heterocycles. The van der Waals surface area contributed by atoms with Crippen molar-refractivity contribution >= 4 is 27.0 Å². The number of rotatable bonds is 5. The molecule has 29 heavy (non-hydrogen) atoms. The highest BCUT2D eigenvalue weighted by Gasteiger charge is 2.39. The van der Waals surface area contributed by atoms with Crippen molar-refractivity contribution in [3.05, 3.63) is 59.9 Å². The van der Waals surface area contributed by atoms with Crippen LogP contribution >= 0.6 is 0 Å². The fraction of sp³-hybridized carbons (Fsp3) is 0.333. The molecule has 1 N–H and O–H groups in total. The topological polar surface area (TPSA) is 84.3 Å². The largest absolute Gasteiger partial charge is 0.347 e. The average Bonchev–Trinajstić information content (AvgIpc) is 3.33. The van der Waals surface area contributed by atoms with E-state index in [2.05, 4.69) is 10.3 Å². The molecule has 1 aromatic heterocycles. The zero-order chi connectivity index (χ0) is 20.6. The third-order valence-electron chi connectivity index (χ3n) is 5.43. The van der Waals surface area contributed by atoms with Gasteiger partial charge < -0.3 is 9.88 Å². The number of imidazole rings is 1. The monoisotopic (exact) mass is 412 g/mol. The van der Waals surface area contributed by atoms with Crippen LogP contribution in [-0.4, -0.2) is 40.8 Å². The molecular weight excluding hydrogens is 388 g/mol. The van der Waals surface area contributed by atoms with Crippen LogP contribution in [0.25, 0.3) is 11.0 Å². The summed E-state index contributed by atoms with van der Waals surface area (Å²) in [7, 11) is -1.81. The Hall–Kier alpha value is -2.71. The van der Waals surface area contributed by atoms with Crippen LogP contribution in [0, 0.1) is 6.92 Å². The number of carbonyl (C=O) groups is 1. The highest BCUT2D eigenvalue weighted by molar-refractivity contribution is 7.89. The van der Waals surface area contributed by atoms with E-state index in [0.717, 1.165) is 22.4 Å². The van der Waals surface area contributed by atoms with E-state index in [4.69, 9.17) is 0 Å². The predicted molar refractivity (Wildman–Crippen MR) is 111 cm³/mol. The van der Waals surface area contributed by atoms with Crippen LogP contribution in [0.5, 0.6) is 0 Å². The number of amides is 1. The van der Waals surface area contributed by atoms with Crippen molar-refractivity contribution in [2.75, 3.05) is 6.54 Å². The molecule has 152 valence electrons. The van der Waals surface area contributed by atoms with Crippen molar-refractivity contribution in [1.29, 1.82) is 0 Å². The lowest BCUT2D eigenvalue weighted by Crippen LogP contribution is -2.45. The van der Waals surface area contributed by atoms with Crippen LogP contribution in [0.15, 0.2) is 53.4 Å². The molecule has 0 aliphatic carbocycles. The molecule has 1 fully saturated rings. The van der Waals surface area contributed by atoms with Gasteiger partial charge in [0.25, 0.3) is 0 Å². The van der Waals surface area contributed by atoms with E-state index in [1.807, 2.05) is 42.8 Å². The molecule has 0 saturated carbocycles. The maximum Gasteiger partial charge on any atom is 0.243 e. The summed E-state index contributed by atoms with van der Waals surface area (Å²) in [6.45, 7) is 2.50. The maximum atomic E-state index is 13.0. The van der Waals surface area contributed by atoms with Crippen LogP contribution in [-0.2, 0) is 28.4 Å². The molecule has 1 aliphatic rings. The van der Waals surface area contributed by atoms with Crippen molar-refractivity contribution in [2.24, 2.45) is 7.05 Å². The van der Waals surface area contributed by atoms with Crippen molar-refractivity contribution in [2.45, 2.75) is 37.2 Å². The van der Waals surface area contributed by atoms with Gasteiger partial charge in [-0.1, -0.05) is 29.8 Å². The summed E-state index contributed by atoms with van der Waals surface area (Å²) in [6.07, 6.45) is 1.18. The highest BCUT2D eigenvalue weighted by Crippen LogP contribution is 2.26. The van der Waals surface area contributed by atoms with Gasteiger partial charge in [0, 0.05) is 13.6 Å². The highest BCUT2D eigenvalue weighted by atomic mass is 32.2. The molecule has 4 rings (SSSR count). The molecule has 1 atom stereocenters. The number of para-hydroxylation sites is 2. The first-order valence-corrected chi connectivity index (χ1v) is 11.1. The molecule has 0 bridgehead atoms. The van der Waals surface area contributed by atoms with E-state index < -0.39 is 16.1 Å². The summed E-state index contributed by atoms with van der Waals surface area (Å²) >= 11 is 0. The quantitative estimate of drug-likeness (QED) is 0.697. The maximum absolute atomic E-state index is 13.0. The summed E-state index contributed by atoms with van der Waals surface area (Å²) in [6, 6.07) is 13.8. The number of carbonyl (C=O) groups excluding carboxylic acids is 1. The second-order valence-electron chi connectivity index (χ2n) is 7.38. The number of hydrogen-bond donors (Lipinski definition) is 1. The fourth-order valence-corrected chi connectivity index (χ4v) is 5.43. The Balaban J connectivity index is 1.50. The normalized spacial score (nSPS) is 17.7. The number of sulfonamides is 1. The second kappa shape index (κ2) is 7.61. The molecule has 1 aliphatic heterocycles.